The second kappa shape index (κ2) is 9.67. The van der Waals surface area contributed by atoms with Crippen LogP contribution in [0.1, 0.15) is 35.7 Å². The topological polar surface area (TPSA) is 74.7 Å². The summed E-state index contributed by atoms with van der Waals surface area (Å²) in [5.74, 6) is -0.951. The number of pyridine rings is 1. The number of carbonyl (C=O) groups is 2. The van der Waals surface area contributed by atoms with E-state index in [9.17, 15) is 9.59 Å². The van der Waals surface area contributed by atoms with E-state index in [4.69, 9.17) is 37.4 Å². The SMILES string of the molecule is CCOC(=O)c1cnc2c(-c3cc(Cl)cc(Cl)c3)cccc2c1C1(C(=O)OC)CCOCC1. The van der Waals surface area contributed by atoms with Gasteiger partial charge in [-0.1, -0.05) is 41.4 Å². The van der Waals surface area contributed by atoms with Gasteiger partial charge in [-0.05, 0) is 49.1 Å². The van der Waals surface area contributed by atoms with E-state index < -0.39 is 17.4 Å². The van der Waals surface area contributed by atoms with Gasteiger partial charge in [0.2, 0.25) is 0 Å². The highest BCUT2D eigenvalue weighted by atomic mass is 35.5. The van der Waals surface area contributed by atoms with Crippen molar-refractivity contribution in [1.82, 2.24) is 4.98 Å². The van der Waals surface area contributed by atoms with Gasteiger partial charge in [0.15, 0.2) is 0 Å². The highest BCUT2D eigenvalue weighted by Gasteiger charge is 2.46. The van der Waals surface area contributed by atoms with Crippen molar-refractivity contribution in [3.05, 3.63) is 63.8 Å². The Morgan fingerprint density at radius 1 is 1.12 bits per heavy atom. The van der Waals surface area contributed by atoms with Crippen LogP contribution in [0.5, 0.6) is 0 Å². The number of carbonyl (C=O) groups excluding carboxylic acids is 2. The smallest absolute Gasteiger partial charge is 0.340 e. The molecule has 8 heteroatoms. The largest absolute Gasteiger partial charge is 0.468 e. The average molecular weight is 488 g/mol. The van der Waals surface area contributed by atoms with Crippen LogP contribution >= 0.6 is 23.2 Å². The molecule has 3 aromatic rings. The number of benzene rings is 2. The van der Waals surface area contributed by atoms with Crippen molar-refractivity contribution in [1.29, 1.82) is 0 Å². The quantitative estimate of drug-likeness (QED) is 0.435. The van der Waals surface area contributed by atoms with Crippen LogP contribution in [0.25, 0.3) is 22.0 Å². The molecule has 2 heterocycles. The van der Waals surface area contributed by atoms with Crippen molar-refractivity contribution in [2.75, 3.05) is 26.9 Å². The van der Waals surface area contributed by atoms with Crippen LogP contribution in [0, 0.1) is 0 Å². The summed E-state index contributed by atoms with van der Waals surface area (Å²) in [4.78, 5) is 30.8. The Morgan fingerprint density at radius 2 is 1.82 bits per heavy atom. The molecule has 6 nitrogen and oxygen atoms in total. The molecule has 0 saturated carbocycles. The molecule has 0 radical (unpaired) electrons. The molecular formula is C25H23Cl2NO5. The van der Waals surface area contributed by atoms with Gasteiger partial charge in [-0.2, -0.15) is 0 Å². The predicted molar refractivity (Wildman–Crippen MR) is 127 cm³/mol. The van der Waals surface area contributed by atoms with Crippen LogP contribution in [-0.4, -0.2) is 43.9 Å². The number of aromatic nitrogens is 1. The molecule has 0 bridgehead atoms. The van der Waals surface area contributed by atoms with Gasteiger partial charge >= 0.3 is 11.9 Å². The number of hydrogen-bond donors (Lipinski definition) is 0. The molecule has 0 atom stereocenters. The maximum absolute atomic E-state index is 13.2. The molecule has 1 saturated heterocycles. The van der Waals surface area contributed by atoms with E-state index in [1.165, 1.54) is 13.3 Å². The summed E-state index contributed by atoms with van der Waals surface area (Å²) in [5.41, 5.74) is 1.91. The maximum atomic E-state index is 13.2. The zero-order valence-corrected chi connectivity index (χ0v) is 19.8. The number of fused-ring (bicyclic) bond motifs is 1. The van der Waals surface area contributed by atoms with E-state index >= 15 is 0 Å². The third-order valence-corrected chi connectivity index (χ3v) is 6.40. The highest BCUT2D eigenvalue weighted by Crippen LogP contribution is 2.43. The predicted octanol–water partition coefficient (Wildman–Crippen LogP) is 5.61. The molecule has 33 heavy (non-hydrogen) atoms. The molecule has 0 spiro atoms. The summed E-state index contributed by atoms with van der Waals surface area (Å²) in [6.45, 7) is 2.67. The number of nitrogens with zero attached hydrogens (tertiary/aromatic N) is 1. The number of methoxy groups -OCH3 is 1. The Bertz CT molecular complexity index is 1200. The number of rotatable bonds is 5. The molecule has 1 fully saturated rings. The van der Waals surface area contributed by atoms with Gasteiger partial charge in [-0.3, -0.25) is 9.78 Å². The summed E-state index contributed by atoms with van der Waals surface area (Å²) < 4.78 is 16.1. The lowest BCUT2D eigenvalue weighted by molar-refractivity contribution is -0.151. The molecule has 0 N–H and O–H groups in total. The number of para-hydroxylation sites is 1. The van der Waals surface area contributed by atoms with Crippen LogP contribution in [0.4, 0.5) is 0 Å². The van der Waals surface area contributed by atoms with Crippen LogP contribution in [-0.2, 0) is 24.4 Å². The third kappa shape index (κ3) is 4.31. The van der Waals surface area contributed by atoms with E-state index in [1.54, 1.807) is 25.1 Å². The summed E-state index contributed by atoms with van der Waals surface area (Å²) in [6.07, 6.45) is 2.22. The van der Waals surface area contributed by atoms with Gasteiger partial charge in [-0.25, -0.2) is 4.79 Å². The number of ether oxygens (including phenoxy) is 3. The number of halogens is 2. The highest BCUT2D eigenvalue weighted by molar-refractivity contribution is 6.35. The number of esters is 2. The fourth-order valence-corrected chi connectivity index (χ4v) is 5.04. The van der Waals surface area contributed by atoms with Gasteiger partial charge < -0.3 is 14.2 Å². The van der Waals surface area contributed by atoms with Crippen molar-refractivity contribution in [3.8, 4) is 11.1 Å². The first kappa shape index (κ1) is 23.5. The second-order valence-electron chi connectivity index (χ2n) is 7.81. The molecule has 1 aliphatic rings. The lowest BCUT2D eigenvalue weighted by Gasteiger charge is -2.36. The normalized spacial score (nSPS) is 15.3. The summed E-state index contributed by atoms with van der Waals surface area (Å²) in [5, 5.41) is 1.66. The van der Waals surface area contributed by atoms with E-state index in [2.05, 4.69) is 4.98 Å². The zero-order chi connectivity index (χ0) is 23.6. The van der Waals surface area contributed by atoms with Gasteiger partial charge in [0.25, 0.3) is 0 Å². The molecule has 0 amide bonds. The molecule has 0 aliphatic carbocycles. The molecular weight excluding hydrogens is 465 g/mol. The molecule has 2 aromatic carbocycles. The summed E-state index contributed by atoms with van der Waals surface area (Å²) >= 11 is 12.5. The van der Waals surface area contributed by atoms with E-state index in [0.29, 0.717) is 52.6 Å². The molecule has 1 aliphatic heterocycles. The van der Waals surface area contributed by atoms with Gasteiger partial charge in [0.1, 0.15) is 0 Å². The fraction of sp³-hybridized carbons (Fsp3) is 0.320. The Labute approximate surface area is 201 Å². The fourth-order valence-electron chi connectivity index (χ4n) is 4.52. The van der Waals surface area contributed by atoms with E-state index in [1.807, 2.05) is 18.2 Å². The third-order valence-electron chi connectivity index (χ3n) is 5.97. The Kier molecular flexibility index (Phi) is 6.88. The molecule has 0 unspecified atom stereocenters. The van der Waals surface area contributed by atoms with Crippen molar-refractivity contribution >= 4 is 46.0 Å². The van der Waals surface area contributed by atoms with Crippen molar-refractivity contribution in [2.45, 2.75) is 25.2 Å². The van der Waals surface area contributed by atoms with Crippen LogP contribution in [0.2, 0.25) is 10.0 Å². The minimum absolute atomic E-state index is 0.200. The molecule has 1 aromatic heterocycles. The van der Waals surface area contributed by atoms with Gasteiger partial charge in [0.05, 0.1) is 30.2 Å². The lowest BCUT2D eigenvalue weighted by atomic mass is 9.71. The van der Waals surface area contributed by atoms with E-state index in [0.717, 1.165) is 11.1 Å². The zero-order valence-electron chi connectivity index (χ0n) is 18.3. The van der Waals surface area contributed by atoms with Crippen molar-refractivity contribution < 1.29 is 23.8 Å². The minimum Gasteiger partial charge on any atom is -0.468 e. The van der Waals surface area contributed by atoms with E-state index in [-0.39, 0.29) is 12.2 Å². The first-order chi connectivity index (χ1) is 15.9. The number of hydrogen-bond acceptors (Lipinski definition) is 6. The summed E-state index contributed by atoms with van der Waals surface area (Å²) in [6, 6.07) is 10.9. The minimum atomic E-state index is -1.07. The first-order valence-corrected chi connectivity index (χ1v) is 11.4. The molecule has 4 rings (SSSR count). The second-order valence-corrected chi connectivity index (χ2v) is 8.69. The average Bonchev–Trinajstić information content (AvgIpc) is 2.82. The van der Waals surface area contributed by atoms with Crippen LogP contribution < -0.4 is 0 Å². The Morgan fingerprint density at radius 3 is 2.45 bits per heavy atom. The van der Waals surface area contributed by atoms with Gasteiger partial charge in [0, 0.05) is 40.4 Å². The Balaban J connectivity index is 2.06. The maximum Gasteiger partial charge on any atom is 0.340 e. The van der Waals surface area contributed by atoms with Crippen molar-refractivity contribution in [2.24, 2.45) is 0 Å². The lowest BCUT2D eigenvalue weighted by Crippen LogP contribution is -2.43. The summed E-state index contributed by atoms with van der Waals surface area (Å²) in [7, 11) is 1.35. The molecule has 172 valence electrons. The van der Waals surface area contributed by atoms with Crippen LogP contribution in [0.3, 0.4) is 0 Å². The van der Waals surface area contributed by atoms with Crippen LogP contribution in [0.15, 0.2) is 42.6 Å². The Hall–Kier alpha value is -2.67. The van der Waals surface area contributed by atoms with Gasteiger partial charge in [-0.15, -0.1) is 0 Å². The standard InChI is InChI=1S/C25H23Cl2NO5/c1-3-33-23(29)20-14-28-22-18(15-11-16(26)13-17(27)12-15)5-4-6-19(22)21(20)25(24(30)31-2)7-9-32-10-8-25/h4-6,11-14H,3,7-10H2,1-2H3. The first-order valence-electron chi connectivity index (χ1n) is 10.6. The monoisotopic (exact) mass is 487 g/mol. The van der Waals surface area contributed by atoms with Crippen molar-refractivity contribution in [3.63, 3.8) is 0 Å².